The fraction of sp³-hybridized carbons (Fsp3) is 0.286. The van der Waals surface area contributed by atoms with Crippen LogP contribution < -0.4 is 9.64 Å². The van der Waals surface area contributed by atoms with Crippen molar-refractivity contribution in [3.8, 4) is 5.75 Å². The Balaban J connectivity index is 1.76. The Labute approximate surface area is 159 Å². The number of nitrogens with one attached hydrogen (secondary N) is 1. The summed E-state index contributed by atoms with van der Waals surface area (Å²) in [5, 5.41) is 0.653. The monoisotopic (exact) mass is 372 g/mol. The molecule has 26 heavy (non-hydrogen) atoms. The number of quaternary nitrogens is 1. The Kier molecular flexibility index (Phi) is 6.45. The molecule has 2 aromatic rings. The van der Waals surface area contributed by atoms with Crippen molar-refractivity contribution in [2.24, 2.45) is 0 Å². The molecule has 1 N–H and O–H groups in total. The second-order valence-electron chi connectivity index (χ2n) is 6.32. The molecule has 1 saturated heterocycles. The van der Waals surface area contributed by atoms with Gasteiger partial charge in [0.15, 0.2) is 5.78 Å². The first-order chi connectivity index (χ1) is 12.7. The van der Waals surface area contributed by atoms with Crippen LogP contribution in [0.4, 0.5) is 0 Å². The summed E-state index contributed by atoms with van der Waals surface area (Å²) in [5.74, 6) is 0.783. The molecule has 0 atom stereocenters. The highest BCUT2D eigenvalue weighted by Crippen LogP contribution is 2.20. The zero-order valence-electron chi connectivity index (χ0n) is 14.8. The van der Waals surface area contributed by atoms with Gasteiger partial charge >= 0.3 is 0 Å². The van der Waals surface area contributed by atoms with Crippen LogP contribution in [0.5, 0.6) is 5.75 Å². The van der Waals surface area contributed by atoms with Crippen molar-refractivity contribution in [1.29, 1.82) is 0 Å². The lowest BCUT2D eigenvalue weighted by atomic mass is 10.0. The van der Waals surface area contributed by atoms with E-state index in [0.717, 1.165) is 49.7 Å². The summed E-state index contributed by atoms with van der Waals surface area (Å²) in [4.78, 5) is 14.0. The summed E-state index contributed by atoms with van der Waals surface area (Å²) in [5.41, 5.74) is 2.61. The van der Waals surface area contributed by atoms with E-state index in [-0.39, 0.29) is 5.78 Å². The molecule has 0 saturated carbocycles. The molecule has 1 fully saturated rings. The Hall–Kier alpha value is -2.14. The van der Waals surface area contributed by atoms with E-state index in [0.29, 0.717) is 10.6 Å². The maximum absolute atomic E-state index is 12.6. The van der Waals surface area contributed by atoms with Crippen LogP contribution in [-0.2, 0) is 11.3 Å². The van der Waals surface area contributed by atoms with Gasteiger partial charge in [-0.05, 0) is 42.0 Å². The molecule has 1 heterocycles. The van der Waals surface area contributed by atoms with Crippen molar-refractivity contribution in [2.45, 2.75) is 6.54 Å². The van der Waals surface area contributed by atoms with Crippen LogP contribution in [0.25, 0.3) is 6.08 Å². The van der Waals surface area contributed by atoms with Crippen molar-refractivity contribution < 1.29 is 19.2 Å². The van der Waals surface area contributed by atoms with Crippen LogP contribution in [0, 0.1) is 0 Å². The van der Waals surface area contributed by atoms with Crippen molar-refractivity contribution in [3.63, 3.8) is 0 Å². The average Bonchev–Trinajstić information content (AvgIpc) is 2.67. The fourth-order valence-electron chi connectivity index (χ4n) is 3.05. The largest absolute Gasteiger partial charge is 0.496 e. The van der Waals surface area contributed by atoms with E-state index in [1.807, 2.05) is 42.5 Å². The van der Waals surface area contributed by atoms with E-state index in [2.05, 4.69) is 0 Å². The predicted octanol–water partition coefficient (Wildman–Crippen LogP) is 2.66. The van der Waals surface area contributed by atoms with Gasteiger partial charge in [-0.25, -0.2) is 0 Å². The number of benzene rings is 2. The molecule has 3 rings (SSSR count). The van der Waals surface area contributed by atoms with Gasteiger partial charge in [-0.3, -0.25) is 4.79 Å². The van der Waals surface area contributed by atoms with Crippen molar-refractivity contribution in [2.75, 3.05) is 33.4 Å². The molecule has 0 bridgehead atoms. The number of hydrogen-bond donors (Lipinski definition) is 1. The third-order valence-electron chi connectivity index (χ3n) is 4.48. The van der Waals surface area contributed by atoms with E-state index in [4.69, 9.17) is 21.1 Å². The van der Waals surface area contributed by atoms with Gasteiger partial charge in [-0.1, -0.05) is 29.8 Å². The zero-order chi connectivity index (χ0) is 18.4. The molecule has 0 spiro atoms. The Morgan fingerprint density at radius 3 is 2.77 bits per heavy atom. The lowest BCUT2D eigenvalue weighted by molar-refractivity contribution is -0.921. The second-order valence-corrected chi connectivity index (χ2v) is 6.75. The van der Waals surface area contributed by atoms with Crippen LogP contribution in [-0.4, -0.2) is 39.2 Å². The minimum atomic E-state index is -0.0362. The minimum Gasteiger partial charge on any atom is -0.496 e. The number of methoxy groups -OCH3 is 1. The third-order valence-corrected chi connectivity index (χ3v) is 4.72. The highest BCUT2D eigenvalue weighted by Gasteiger charge is 2.17. The van der Waals surface area contributed by atoms with Gasteiger partial charge in [0.2, 0.25) is 0 Å². The van der Waals surface area contributed by atoms with Crippen molar-refractivity contribution >= 4 is 23.5 Å². The van der Waals surface area contributed by atoms with E-state index in [9.17, 15) is 4.79 Å². The number of ketones is 1. The van der Waals surface area contributed by atoms with Crippen molar-refractivity contribution in [1.82, 2.24) is 0 Å². The molecule has 136 valence electrons. The third kappa shape index (κ3) is 4.94. The molecule has 1 aliphatic heterocycles. The molecular formula is C21H23ClNO3+. The molecule has 5 heteroatoms. The Bertz CT molecular complexity index is 798. The normalized spacial score (nSPS) is 15.3. The quantitative estimate of drug-likeness (QED) is 0.626. The number of rotatable bonds is 6. The van der Waals surface area contributed by atoms with Gasteiger partial charge in [0.25, 0.3) is 0 Å². The van der Waals surface area contributed by atoms with Crippen LogP contribution in [0.15, 0.2) is 48.5 Å². The number of ether oxygens (including phenoxy) is 2. The SMILES string of the molecule is COc1ccc(C(=O)/C=C/c2cccc(Cl)c2)cc1C[NH+]1CCOCC1. The maximum Gasteiger partial charge on any atom is 0.185 e. The van der Waals surface area contributed by atoms with Gasteiger partial charge in [0.05, 0.1) is 20.3 Å². The molecule has 2 aromatic carbocycles. The zero-order valence-corrected chi connectivity index (χ0v) is 15.6. The number of allylic oxidation sites excluding steroid dienone is 1. The minimum absolute atomic E-state index is 0.0362. The molecule has 4 nitrogen and oxygen atoms in total. The van der Waals surface area contributed by atoms with E-state index in [1.165, 1.54) is 4.90 Å². The fourth-order valence-corrected chi connectivity index (χ4v) is 3.25. The van der Waals surface area contributed by atoms with Crippen molar-refractivity contribution in [3.05, 3.63) is 70.3 Å². The van der Waals surface area contributed by atoms with Gasteiger partial charge in [0, 0.05) is 16.1 Å². The van der Waals surface area contributed by atoms with Crippen LogP contribution in [0.3, 0.4) is 0 Å². The summed E-state index contributed by atoms with van der Waals surface area (Å²) >= 11 is 5.98. The summed E-state index contributed by atoms with van der Waals surface area (Å²) in [6, 6.07) is 13.0. The lowest BCUT2D eigenvalue weighted by Crippen LogP contribution is -3.12. The average molecular weight is 373 g/mol. The smallest absolute Gasteiger partial charge is 0.185 e. The van der Waals surface area contributed by atoms with Gasteiger partial charge in [-0.2, -0.15) is 0 Å². The number of morpholine rings is 1. The van der Waals surface area contributed by atoms with E-state index >= 15 is 0 Å². The Morgan fingerprint density at radius 1 is 1.23 bits per heavy atom. The summed E-state index contributed by atoms with van der Waals surface area (Å²) < 4.78 is 10.9. The van der Waals surface area contributed by atoms with E-state index in [1.54, 1.807) is 19.3 Å². The summed E-state index contributed by atoms with van der Waals surface area (Å²) in [6.07, 6.45) is 3.37. The lowest BCUT2D eigenvalue weighted by Gasteiger charge is -2.24. The maximum atomic E-state index is 12.6. The first-order valence-electron chi connectivity index (χ1n) is 8.72. The predicted molar refractivity (Wildman–Crippen MR) is 103 cm³/mol. The summed E-state index contributed by atoms with van der Waals surface area (Å²) in [7, 11) is 1.66. The first-order valence-corrected chi connectivity index (χ1v) is 9.10. The van der Waals surface area contributed by atoms with Gasteiger partial charge < -0.3 is 14.4 Å². The highest BCUT2D eigenvalue weighted by atomic mass is 35.5. The highest BCUT2D eigenvalue weighted by molar-refractivity contribution is 6.30. The number of carbonyl (C=O) groups is 1. The molecule has 0 aliphatic carbocycles. The molecule has 0 unspecified atom stereocenters. The van der Waals surface area contributed by atoms with Gasteiger partial charge in [-0.15, -0.1) is 0 Å². The van der Waals surface area contributed by atoms with Gasteiger partial charge in [0.1, 0.15) is 25.4 Å². The topological polar surface area (TPSA) is 40.0 Å². The van der Waals surface area contributed by atoms with E-state index < -0.39 is 0 Å². The van der Waals surface area contributed by atoms with Crippen LogP contribution in [0.2, 0.25) is 5.02 Å². The molecule has 0 radical (unpaired) electrons. The molecule has 0 aromatic heterocycles. The Morgan fingerprint density at radius 2 is 2.04 bits per heavy atom. The molecule has 1 aliphatic rings. The molecule has 0 amide bonds. The van der Waals surface area contributed by atoms with Crippen LogP contribution in [0.1, 0.15) is 21.5 Å². The first kappa shape index (κ1) is 18.6. The van der Waals surface area contributed by atoms with Crippen LogP contribution >= 0.6 is 11.6 Å². The number of carbonyl (C=O) groups excluding carboxylic acids is 1. The summed E-state index contributed by atoms with van der Waals surface area (Å²) in [6.45, 7) is 4.31. The second kappa shape index (κ2) is 8.99. The standard InChI is InChI=1S/C21H22ClNO3/c1-25-21-8-6-17(14-18(21)15-23-9-11-26-12-10-23)20(24)7-5-16-3-2-4-19(22)13-16/h2-8,13-14H,9-12,15H2,1H3/p+1/b7-5+. The number of halogens is 1. The molecular weight excluding hydrogens is 350 g/mol. The number of hydrogen-bond acceptors (Lipinski definition) is 3.